The van der Waals surface area contributed by atoms with Gasteiger partial charge in [-0.3, -0.25) is 0 Å². The highest BCUT2D eigenvalue weighted by Gasteiger charge is 2.32. The first-order valence-electron chi connectivity index (χ1n) is 9.60. The van der Waals surface area contributed by atoms with Crippen LogP contribution in [0.25, 0.3) is 0 Å². The summed E-state index contributed by atoms with van der Waals surface area (Å²) in [5, 5.41) is 0. The average Bonchev–Trinajstić information content (AvgIpc) is 2.38. The zero-order valence-corrected chi connectivity index (χ0v) is 17.9. The van der Waals surface area contributed by atoms with Crippen molar-refractivity contribution in [2.75, 3.05) is 0 Å². The molecule has 0 rings (SSSR count). The largest absolute Gasteiger partial charge is 0.325 e. The Morgan fingerprint density at radius 3 is 1.23 bits per heavy atom. The molecule has 0 saturated carbocycles. The number of hydrogen-bond donors (Lipinski definition) is 1. The standard InChI is InChI=1S/C20H43N.BrH/c1-6-7-8-9-10-11-12-13-14-15-16-17-18-19(2,3)20(4,5)21;/h6-18,21H2,1-5H3;1H. The van der Waals surface area contributed by atoms with Gasteiger partial charge in [0, 0.05) is 5.54 Å². The summed E-state index contributed by atoms with van der Waals surface area (Å²) < 4.78 is 0. The van der Waals surface area contributed by atoms with Crippen LogP contribution in [0.3, 0.4) is 0 Å². The summed E-state index contributed by atoms with van der Waals surface area (Å²) in [7, 11) is 0. The Bertz CT molecular complexity index is 230. The number of hydrogen-bond acceptors (Lipinski definition) is 1. The van der Waals surface area contributed by atoms with Crippen LogP contribution in [0.1, 0.15) is 118 Å². The molecule has 0 heterocycles. The van der Waals surface area contributed by atoms with Gasteiger partial charge in [0.15, 0.2) is 0 Å². The lowest BCUT2D eigenvalue weighted by Crippen LogP contribution is -2.47. The number of halogens is 1. The van der Waals surface area contributed by atoms with E-state index < -0.39 is 0 Å². The first-order valence-corrected chi connectivity index (χ1v) is 9.60. The Balaban J connectivity index is 0. The summed E-state index contributed by atoms with van der Waals surface area (Å²) in [6, 6.07) is 0. The molecular weight excluding hydrogens is 334 g/mol. The van der Waals surface area contributed by atoms with Gasteiger partial charge < -0.3 is 5.73 Å². The Hall–Kier alpha value is 0.440. The van der Waals surface area contributed by atoms with Crippen molar-refractivity contribution >= 4 is 17.0 Å². The third-order valence-corrected chi connectivity index (χ3v) is 5.40. The fourth-order valence-electron chi connectivity index (χ4n) is 2.73. The fraction of sp³-hybridized carbons (Fsp3) is 1.00. The molecule has 136 valence electrons. The topological polar surface area (TPSA) is 26.0 Å². The number of rotatable bonds is 14. The minimum atomic E-state index is -0.0647. The monoisotopic (exact) mass is 377 g/mol. The number of unbranched alkanes of at least 4 members (excludes halogenated alkanes) is 11. The molecule has 0 saturated heterocycles. The van der Waals surface area contributed by atoms with Crippen molar-refractivity contribution < 1.29 is 0 Å². The highest BCUT2D eigenvalue weighted by Crippen LogP contribution is 2.33. The zero-order valence-electron chi connectivity index (χ0n) is 16.2. The predicted molar refractivity (Wildman–Crippen MR) is 108 cm³/mol. The quantitative estimate of drug-likeness (QED) is 0.313. The van der Waals surface area contributed by atoms with Gasteiger partial charge in [0.1, 0.15) is 0 Å². The summed E-state index contributed by atoms with van der Waals surface area (Å²) >= 11 is 0. The molecule has 2 heteroatoms. The van der Waals surface area contributed by atoms with E-state index in [-0.39, 0.29) is 27.9 Å². The molecule has 0 aromatic heterocycles. The fourth-order valence-corrected chi connectivity index (χ4v) is 2.73. The molecule has 2 N–H and O–H groups in total. The smallest absolute Gasteiger partial charge is 0.0148 e. The molecule has 0 atom stereocenters. The molecule has 0 amide bonds. The van der Waals surface area contributed by atoms with Gasteiger partial charge in [-0.05, 0) is 25.7 Å². The lowest BCUT2D eigenvalue weighted by atomic mass is 9.72. The van der Waals surface area contributed by atoms with Crippen LogP contribution in [0.15, 0.2) is 0 Å². The Kier molecular flexibility index (Phi) is 15.5. The Morgan fingerprint density at radius 2 is 0.909 bits per heavy atom. The van der Waals surface area contributed by atoms with Gasteiger partial charge in [-0.15, -0.1) is 17.0 Å². The molecule has 0 aromatic carbocycles. The van der Waals surface area contributed by atoms with Crippen LogP contribution in [0.4, 0.5) is 0 Å². The highest BCUT2D eigenvalue weighted by molar-refractivity contribution is 8.93. The van der Waals surface area contributed by atoms with Gasteiger partial charge in [-0.2, -0.15) is 0 Å². The van der Waals surface area contributed by atoms with Crippen molar-refractivity contribution in [2.45, 2.75) is 124 Å². The molecule has 0 aliphatic carbocycles. The molecule has 1 nitrogen and oxygen atoms in total. The second kappa shape index (κ2) is 13.8. The van der Waals surface area contributed by atoms with E-state index in [9.17, 15) is 0 Å². The van der Waals surface area contributed by atoms with E-state index in [2.05, 4.69) is 34.6 Å². The van der Waals surface area contributed by atoms with Gasteiger partial charge in [-0.1, -0.05) is 97.8 Å². The minimum Gasteiger partial charge on any atom is -0.325 e. The van der Waals surface area contributed by atoms with E-state index in [0.717, 1.165) is 0 Å². The maximum absolute atomic E-state index is 6.25. The molecule has 0 unspecified atom stereocenters. The van der Waals surface area contributed by atoms with E-state index in [1.165, 1.54) is 83.5 Å². The lowest BCUT2D eigenvalue weighted by Gasteiger charge is -2.38. The first-order chi connectivity index (χ1) is 9.81. The van der Waals surface area contributed by atoms with Crippen molar-refractivity contribution in [3.05, 3.63) is 0 Å². The average molecular weight is 378 g/mol. The highest BCUT2D eigenvalue weighted by atomic mass is 79.9. The molecule has 22 heavy (non-hydrogen) atoms. The molecule has 0 aromatic rings. The SMILES string of the molecule is Br.CCCCCCCCCCCCCCC(C)(C)C(C)(C)N. The van der Waals surface area contributed by atoms with E-state index in [4.69, 9.17) is 5.73 Å². The van der Waals surface area contributed by atoms with Crippen molar-refractivity contribution in [3.8, 4) is 0 Å². The van der Waals surface area contributed by atoms with Crippen LogP contribution < -0.4 is 5.73 Å². The molecule has 0 bridgehead atoms. The van der Waals surface area contributed by atoms with Crippen LogP contribution in [0.2, 0.25) is 0 Å². The first kappa shape index (κ1) is 24.7. The molecule has 0 spiro atoms. The van der Waals surface area contributed by atoms with Crippen molar-refractivity contribution in [3.63, 3.8) is 0 Å². The van der Waals surface area contributed by atoms with Crippen LogP contribution in [-0.2, 0) is 0 Å². The van der Waals surface area contributed by atoms with Crippen molar-refractivity contribution in [2.24, 2.45) is 11.1 Å². The predicted octanol–water partition coefficient (Wildman–Crippen LogP) is 7.42. The number of nitrogens with two attached hydrogens (primary N) is 1. The summed E-state index contributed by atoms with van der Waals surface area (Å²) in [5.41, 5.74) is 6.44. The molecule has 0 aliphatic heterocycles. The van der Waals surface area contributed by atoms with Gasteiger partial charge in [0.2, 0.25) is 0 Å². The minimum absolute atomic E-state index is 0. The van der Waals surface area contributed by atoms with E-state index in [1.807, 2.05) is 0 Å². The maximum Gasteiger partial charge on any atom is 0.0148 e. The van der Waals surface area contributed by atoms with Gasteiger partial charge in [0.25, 0.3) is 0 Å². The van der Waals surface area contributed by atoms with Crippen LogP contribution >= 0.6 is 17.0 Å². The molecule has 0 radical (unpaired) electrons. The van der Waals surface area contributed by atoms with Gasteiger partial charge in [0.05, 0.1) is 0 Å². The third kappa shape index (κ3) is 12.9. The normalized spacial score (nSPS) is 12.3. The summed E-state index contributed by atoms with van der Waals surface area (Å²) in [6.45, 7) is 11.2. The Morgan fingerprint density at radius 1 is 0.591 bits per heavy atom. The summed E-state index contributed by atoms with van der Waals surface area (Å²) in [6.07, 6.45) is 18.3. The van der Waals surface area contributed by atoms with Crippen molar-refractivity contribution in [1.82, 2.24) is 0 Å². The van der Waals surface area contributed by atoms with Gasteiger partial charge in [-0.25, -0.2) is 0 Å². The van der Waals surface area contributed by atoms with E-state index in [0.29, 0.717) is 0 Å². The summed E-state index contributed by atoms with van der Waals surface area (Å²) in [5.74, 6) is 0. The lowest BCUT2D eigenvalue weighted by molar-refractivity contribution is 0.180. The molecular formula is C20H44BrN. The third-order valence-electron chi connectivity index (χ3n) is 5.40. The van der Waals surface area contributed by atoms with Crippen LogP contribution in [0, 0.1) is 5.41 Å². The second-order valence-electron chi connectivity index (χ2n) is 8.24. The second-order valence-corrected chi connectivity index (χ2v) is 8.24. The maximum atomic E-state index is 6.25. The van der Waals surface area contributed by atoms with Gasteiger partial charge >= 0.3 is 0 Å². The summed E-state index contributed by atoms with van der Waals surface area (Å²) in [4.78, 5) is 0. The zero-order chi connectivity index (χ0) is 16.2. The molecule has 0 aliphatic rings. The molecule has 0 fully saturated rings. The van der Waals surface area contributed by atoms with E-state index in [1.54, 1.807) is 0 Å². The van der Waals surface area contributed by atoms with Crippen LogP contribution in [0.5, 0.6) is 0 Å². The van der Waals surface area contributed by atoms with Crippen LogP contribution in [-0.4, -0.2) is 5.54 Å². The van der Waals surface area contributed by atoms with E-state index >= 15 is 0 Å². The Labute approximate surface area is 152 Å². The van der Waals surface area contributed by atoms with Crippen molar-refractivity contribution in [1.29, 1.82) is 0 Å².